The van der Waals surface area contributed by atoms with Gasteiger partial charge in [-0.25, -0.2) is 9.78 Å². The van der Waals surface area contributed by atoms with E-state index in [-0.39, 0.29) is 6.61 Å². The summed E-state index contributed by atoms with van der Waals surface area (Å²) in [6, 6.07) is 10.9. The lowest BCUT2D eigenvalue weighted by molar-refractivity contribution is 0.0520. The summed E-state index contributed by atoms with van der Waals surface area (Å²) < 4.78 is 5.16. The largest absolute Gasteiger partial charge is 0.460 e. The molecule has 0 aliphatic heterocycles. The van der Waals surface area contributed by atoms with Gasteiger partial charge in [-0.1, -0.05) is 0 Å². The van der Waals surface area contributed by atoms with Gasteiger partial charge in [0.05, 0.1) is 17.7 Å². The first-order valence-corrected chi connectivity index (χ1v) is 7.89. The third-order valence-electron chi connectivity index (χ3n) is 3.55. The molecule has 0 saturated heterocycles. The van der Waals surface area contributed by atoms with Crippen LogP contribution in [0.25, 0.3) is 11.1 Å². The summed E-state index contributed by atoms with van der Waals surface area (Å²) in [5, 5.41) is 12.4. The molecule has 7 nitrogen and oxygen atoms in total. The molecule has 3 heterocycles. The molecule has 128 valence electrons. The number of nitrogens with zero attached hydrogens (tertiary/aromatic N) is 4. The van der Waals surface area contributed by atoms with Crippen molar-refractivity contribution < 1.29 is 9.53 Å². The Kier molecular flexibility index (Phi) is 5.47. The fourth-order valence-corrected chi connectivity index (χ4v) is 2.27. The number of aromatic nitrogens is 3. The maximum atomic E-state index is 11.8. The highest BCUT2D eigenvalue weighted by atomic mass is 16.5. The highest BCUT2D eigenvalue weighted by Crippen LogP contribution is 2.22. The van der Waals surface area contributed by atoms with Crippen LogP contribution < -0.4 is 5.32 Å². The van der Waals surface area contributed by atoms with Crippen molar-refractivity contribution in [1.29, 1.82) is 5.26 Å². The minimum absolute atomic E-state index is 0.145. The second-order valence-electron chi connectivity index (χ2n) is 5.27. The van der Waals surface area contributed by atoms with Crippen molar-refractivity contribution in [3.05, 3.63) is 72.4 Å². The Morgan fingerprint density at radius 2 is 1.96 bits per heavy atom. The quantitative estimate of drug-likeness (QED) is 0.541. The van der Waals surface area contributed by atoms with Crippen molar-refractivity contribution in [2.45, 2.75) is 0 Å². The van der Waals surface area contributed by atoms with Crippen LogP contribution >= 0.6 is 0 Å². The molecule has 0 atom stereocenters. The third-order valence-corrected chi connectivity index (χ3v) is 3.55. The van der Waals surface area contributed by atoms with Gasteiger partial charge in [0.2, 0.25) is 0 Å². The van der Waals surface area contributed by atoms with Gasteiger partial charge < -0.3 is 10.1 Å². The Labute approximate surface area is 150 Å². The second-order valence-corrected chi connectivity index (χ2v) is 5.27. The minimum Gasteiger partial charge on any atom is -0.460 e. The van der Waals surface area contributed by atoms with E-state index in [0.29, 0.717) is 23.5 Å². The number of rotatable bonds is 6. The molecule has 0 saturated carbocycles. The highest BCUT2D eigenvalue weighted by Gasteiger charge is 2.08. The molecule has 1 N–H and O–H groups in total. The van der Waals surface area contributed by atoms with E-state index in [4.69, 9.17) is 4.74 Å². The van der Waals surface area contributed by atoms with Crippen LogP contribution in [0.2, 0.25) is 0 Å². The molecule has 0 aliphatic rings. The van der Waals surface area contributed by atoms with Gasteiger partial charge in [-0.05, 0) is 35.9 Å². The van der Waals surface area contributed by atoms with Gasteiger partial charge in [-0.3, -0.25) is 9.97 Å². The van der Waals surface area contributed by atoms with E-state index in [0.717, 1.165) is 11.1 Å². The minimum atomic E-state index is -0.443. The van der Waals surface area contributed by atoms with Crippen molar-refractivity contribution >= 4 is 11.8 Å². The summed E-state index contributed by atoms with van der Waals surface area (Å²) in [6.45, 7) is 0.481. The van der Waals surface area contributed by atoms with Gasteiger partial charge >= 0.3 is 5.97 Å². The fourth-order valence-electron chi connectivity index (χ4n) is 2.27. The summed E-state index contributed by atoms with van der Waals surface area (Å²) in [6.07, 6.45) is 8.08. The molecule has 26 heavy (non-hydrogen) atoms. The zero-order valence-corrected chi connectivity index (χ0v) is 13.8. The summed E-state index contributed by atoms with van der Waals surface area (Å²) in [5.74, 6) is 0.00383. The zero-order chi connectivity index (χ0) is 18.2. The van der Waals surface area contributed by atoms with E-state index >= 15 is 0 Å². The van der Waals surface area contributed by atoms with Crippen LogP contribution in [0.3, 0.4) is 0 Å². The topological polar surface area (TPSA) is 101 Å². The molecule has 7 heteroatoms. The number of nitrogens with one attached hydrogen (secondary N) is 1. The van der Waals surface area contributed by atoms with E-state index in [1.54, 1.807) is 43.0 Å². The Morgan fingerprint density at radius 1 is 1.12 bits per heavy atom. The monoisotopic (exact) mass is 345 g/mol. The van der Waals surface area contributed by atoms with Crippen molar-refractivity contribution in [3.8, 4) is 17.2 Å². The molecule has 0 fully saturated rings. The number of carbonyl (C=O) groups is 1. The summed E-state index contributed by atoms with van der Waals surface area (Å²) in [7, 11) is 0. The second kappa shape index (κ2) is 8.35. The average Bonchev–Trinajstić information content (AvgIpc) is 2.72. The van der Waals surface area contributed by atoms with Crippen molar-refractivity contribution in [3.63, 3.8) is 0 Å². The predicted molar refractivity (Wildman–Crippen MR) is 95.2 cm³/mol. The molecule has 3 aromatic heterocycles. The number of hydrogen-bond donors (Lipinski definition) is 1. The lowest BCUT2D eigenvalue weighted by Crippen LogP contribution is -2.15. The molecule has 3 rings (SSSR count). The van der Waals surface area contributed by atoms with E-state index in [2.05, 4.69) is 26.3 Å². The third kappa shape index (κ3) is 4.19. The molecular formula is C19H15N5O2. The molecule has 0 aromatic carbocycles. The van der Waals surface area contributed by atoms with E-state index < -0.39 is 5.97 Å². The first-order valence-electron chi connectivity index (χ1n) is 7.89. The Bertz CT molecular complexity index is 924. The Balaban J connectivity index is 1.58. The summed E-state index contributed by atoms with van der Waals surface area (Å²) in [4.78, 5) is 24.0. The first-order chi connectivity index (χ1) is 12.8. The number of nitriles is 1. The smallest absolute Gasteiger partial charge is 0.339 e. The number of carbonyl (C=O) groups excluding carboxylic acids is 1. The Morgan fingerprint density at radius 3 is 2.69 bits per heavy atom. The van der Waals surface area contributed by atoms with Crippen LogP contribution in [0.1, 0.15) is 15.9 Å². The fraction of sp³-hybridized carbons (Fsp3) is 0.105. The van der Waals surface area contributed by atoms with Crippen LogP contribution in [0.15, 0.2) is 61.3 Å². The van der Waals surface area contributed by atoms with Gasteiger partial charge in [0.25, 0.3) is 0 Å². The maximum Gasteiger partial charge on any atom is 0.339 e. The zero-order valence-electron chi connectivity index (χ0n) is 13.8. The molecule has 0 unspecified atom stereocenters. The molecule has 0 radical (unpaired) electrons. The van der Waals surface area contributed by atoms with Gasteiger partial charge in [-0.2, -0.15) is 5.26 Å². The number of ether oxygens (including phenoxy) is 1. The summed E-state index contributed by atoms with van der Waals surface area (Å²) >= 11 is 0. The van der Waals surface area contributed by atoms with Crippen molar-refractivity contribution in [1.82, 2.24) is 15.0 Å². The number of esters is 1. The lowest BCUT2D eigenvalue weighted by atomic mass is 10.1. The van der Waals surface area contributed by atoms with Gasteiger partial charge in [-0.15, -0.1) is 0 Å². The van der Waals surface area contributed by atoms with E-state index in [1.165, 1.54) is 6.20 Å². The Hall–Kier alpha value is -3.79. The van der Waals surface area contributed by atoms with Crippen LogP contribution in [-0.2, 0) is 4.74 Å². The van der Waals surface area contributed by atoms with E-state index in [9.17, 15) is 10.1 Å². The molecule has 3 aromatic rings. The maximum absolute atomic E-state index is 11.8. The predicted octanol–water partition coefficient (Wildman–Crippen LogP) is 2.68. The SMILES string of the molecule is N#Cc1cc(-c2ccncc2)cnc1NCCOC(=O)c1cccnc1. The normalized spacial score (nSPS) is 9.96. The van der Waals surface area contributed by atoms with Gasteiger partial charge in [0, 0.05) is 36.5 Å². The molecule has 0 spiro atoms. The van der Waals surface area contributed by atoms with Gasteiger partial charge in [0.1, 0.15) is 18.5 Å². The number of pyridine rings is 3. The van der Waals surface area contributed by atoms with Crippen molar-refractivity contribution in [2.24, 2.45) is 0 Å². The average molecular weight is 345 g/mol. The van der Waals surface area contributed by atoms with Crippen LogP contribution in [0, 0.1) is 11.3 Å². The van der Waals surface area contributed by atoms with Crippen molar-refractivity contribution in [2.75, 3.05) is 18.5 Å². The van der Waals surface area contributed by atoms with Crippen LogP contribution in [-0.4, -0.2) is 34.1 Å². The molecule has 0 bridgehead atoms. The highest BCUT2D eigenvalue weighted by molar-refractivity contribution is 5.88. The van der Waals surface area contributed by atoms with E-state index in [1.807, 2.05) is 12.1 Å². The molecule has 0 amide bonds. The lowest BCUT2D eigenvalue weighted by Gasteiger charge is -2.09. The summed E-state index contributed by atoms with van der Waals surface area (Å²) in [5.41, 5.74) is 2.57. The van der Waals surface area contributed by atoms with Crippen LogP contribution in [0.4, 0.5) is 5.82 Å². The molecule has 0 aliphatic carbocycles. The number of anilines is 1. The van der Waals surface area contributed by atoms with Crippen LogP contribution in [0.5, 0.6) is 0 Å². The molecular weight excluding hydrogens is 330 g/mol. The van der Waals surface area contributed by atoms with Gasteiger partial charge in [0.15, 0.2) is 0 Å². The first kappa shape index (κ1) is 17.0. The number of hydrogen-bond acceptors (Lipinski definition) is 7. The standard InChI is InChI=1S/C19H15N5O2/c20-11-16-10-17(14-3-6-21-7-4-14)13-24-18(16)23-8-9-26-19(25)15-2-1-5-22-12-15/h1-7,10,12-13H,8-9H2,(H,23,24).